The summed E-state index contributed by atoms with van der Waals surface area (Å²) < 4.78 is 5.48. The van der Waals surface area contributed by atoms with Crippen molar-refractivity contribution in [2.45, 2.75) is 25.7 Å². The zero-order valence-electron chi connectivity index (χ0n) is 13.4. The lowest BCUT2D eigenvalue weighted by atomic mass is 10.1. The molecule has 4 rings (SSSR count). The van der Waals surface area contributed by atoms with Gasteiger partial charge in [0, 0.05) is 32.8 Å². The van der Waals surface area contributed by atoms with Crippen molar-refractivity contribution >= 4 is 17.0 Å². The van der Waals surface area contributed by atoms with Gasteiger partial charge in [0.1, 0.15) is 5.52 Å². The summed E-state index contributed by atoms with van der Waals surface area (Å²) in [6, 6.07) is 4.34. The van der Waals surface area contributed by atoms with Gasteiger partial charge in [0.25, 0.3) is 0 Å². The Morgan fingerprint density at radius 1 is 1.00 bits per heavy atom. The van der Waals surface area contributed by atoms with Crippen molar-refractivity contribution in [3.05, 3.63) is 23.3 Å². The number of aryl methyl sites for hydroxylation is 2. The van der Waals surface area contributed by atoms with E-state index in [-0.39, 0.29) is 0 Å². The molecule has 0 amide bonds. The Labute approximate surface area is 136 Å². The van der Waals surface area contributed by atoms with Gasteiger partial charge < -0.3 is 10.1 Å². The topological polar surface area (TPSA) is 63.2 Å². The molecule has 1 saturated heterocycles. The lowest BCUT2D eigenvalue weighted by Gasteiger charge is -2.18. The average molecular weight is 313 g/mol. The van der Waals surface area contributed by atoms with Crippen molar-refractivity contribution in [3.63, 3.8) is 0 Å². The van der Waals surface area contributed by atoms with Gasteiger partial charge in [-0.2, -0.15) is 0 Å². The Kier molecular flexibility index (Phi) is 4.35. The van der Waals surface area contributed by atoms with Gasteiger partial charge in [0.05, 0.1) is 12.1 Å². The van der Waals surface area contributed by atoms with E-state index >= 15 is 0 Å². The fourth-order valence-corrected chi connectivity index (χ4v) is 3.43. The molecule has 2 aliphatic rings. The number of anilines is 1. The Balaban J connectivity index is 1.40. The van der Waals surface area contributed by atoms with E-state index in [1.807, 2.05) is 0 Å². The molecule has 0 radical (unpaired) electrons. The number of rotatable bonds is 4. The second kappa shape index (κ2) is 6.76. The van der Waals surface area contributed by atoms with Gasteiger partial charge in [-0.05, 0) is 48.9 Å². The number of fused-ring (bicyclic) bond motifs is 2. The largest absolute Gasteiger partial charge is 0.380 e. The van der Waals surface area contributed by atoms with E-state index in [9.17, 15) is 0 Å². The van der Waals surface area contributed by atoms with Crippen LogP contribution in [0.15, 0.2) is 12.1 Å². The van der Waals surface area contributed by atoms with Gasteiger partial charge >= 0.3 is 0 Å². The molecule has 0 spiro atoms. The maximum Gasteiger partial charge on any atom is 0.243 e. The Morgan fingerprint density at radius 2 is 1.87 bits per heavy atom. The van der Waals surface area contributed by atoms with E-state index < -0.39 is 0 Å². The third kappa shape index (κ3) is 3.43. The predicted octanol–water partition coefficient (Wildman–Crippen LogP) is 1.65. The number of benzene rings is 1. The van der Waals surface area contributed by atoms with Crippen LogP contribution in [0, 0.1) is 0 Å². The Bertz CT molecular complexity index is 682. The average Bonchev–Trinajstić information content (AvgIpc) is 2.86. The fourth-order valence-electron chi connectivity index (χ4n) is 3.43. The molecular formula is C17H23N5O. The van der Waals surface area contributed by atoms with E-state index in [1.165, 1.54) is 17.5 Å². The summed E-state index contributed by atoms with van der Waals surface area (Å²) in [7, 11) is 0. The summed E-state index contributed by atoms with van der Waals surface area (Å²) in [6.07, 6.45) is 4.67. The highest BCUT2D eigenvalue weighted by Crippen LogP contribution is 2.25. The zero-order valence-corrected chi connectivity index (χ0v) is 13.4. The van der Waals surface area contributed by atoms with Gasteiger partial charge in [-0.3, -0.25) is 4.90 Å². The van der Waals surface area contributed by atoms with Crippen LogP contribution < -0.4 is 5.32 Å². The first-order valence-corrected chi connectivity index (χ1v) is 8.59. The summed E-state index contributed by atoms with van der Waals surface area (Å²) in [6.45, 7) is 5.63. The Morgan fingerprint density at radius 3 is 2.78 bits per heavy atom. The second-order valence-electron chi connectivity index (χ2n) is 6.33. The first-order valence-electron chi connectivity index (χ1n) is 8.59. The predicted molar refractivity (Wildman–Crippen MR) is 89.7 cm³/mol. The van der Waals surface area contributed by atoms with Crippen LogP contribution in [0.25, 0.3) is 11.0 Å². The van der Waals surface area contributed by atoms with E-state index in [0.717, 1.165) is 69.7 Å². The maximum absolute atomic E-state index is 5.48. The molecule has 6 heteroatoms. The number of hydrogen-bond donors (Lipinski definition) is 1. The van der Waals surface area contributed by atoms with Gasteiger partial charge in [0.15, 0.2) is 0 Å². The molecule has 1 N–H and O–H groups in total. The molecule has 0 atom stereocenters. The van der Waals surface area contributed by atoms with Crippen LogP contribution >= 0.6 is 0 Å². The third-order valence-electron chi connectivity index (χ3n) is 4.69. The van der Waals surface area contributed by atoms with E-state index in [0.29, 0.717) is 5.95 Å². The lowest BCUT2D eigenvalue weighted by Crippen LogP contribution is -2.31. The van der Waals surface area contributed by atoms with Crippen LogP contribution in [0.5, 0.6) is 0 Å². The molecule has 1 aliphatic carbocycles. The summed E-state index contributed by atoms with van der Waals surface area (Å²) in [5.41, 5.74) is 4.69. The molecule has 23 heavy (non-hydrogen) atoms. The van der Waals surface area contributed by atoms with Crippen molar-refractivity contribution in [2.75, 3.05) is 44.7 Å². The molecule has 1 fully saturated rings. The molecule has 2 aromatic rings. The molecule has 0 unspecified atom stereocenters. The molecular weight excluding hydrogens is 290 g/mol. The number of nitrogens with zero attached hydrogens (tertiary/aromatic N) is 4. The minimum Gasteiger partial charge on any atom is -0.380 e. The molecule has 122 valence electrons. The smallest absolute Gasteiger partial charge is 0.243 e. The maximum atomic E-state index is 5.48. The van der Waals surface area contributed by atoms with Crippen molar-refractivity contribution in [1.82, 2.24) is 20.1 Å². The number of ether oxygens (including phenoxy) is 1. The van der Waals surface area contributed by atoms with Gasteiger partial charge in [-0.15, -0.1) is 10.2 Å². The summed E-state index contributed by atoms with van der Waals surface area (Å²) in [4.78, 5) is 7.04. The van der Waals surface area contributed by atoms with Crippen LogP contribution in [-0.4, -0.2) is 59.5 Å². The van der Waals surface area contributed by atoms with Gasteiger partial charge in [-0.1, -0.05) is 0 Å². The molecule has 1 aromatic carbocycles. The minimum atomic E-state index is 0.626. The summed E-state index contributed by atoms with van der Waals surface area (Å²) >= 11 is 0. The van der Waals surface area contributed by atoms with E-state index in [2.05, 4.69) is 37.5 Å². The van der Waals surface area contributed by atoms with Crippen molar-refractivity contribution in [1.29, 1.82) is 0 Å². The standard InChI is InChI=1S/C17H23N5O/c1-3-13-11-15-16(12-14(13)4-1)20-21-17(19-15)18-5-7-22-6-2-9-23-10-8-22/h11-12H,1-10H2,(H,18,19,21). The van der Waals surface area contributed by atoms with Crippen LogP contribution in [0.1, 0.15) is 24.0 Å². The van der Waals surface area contributed by atoms with Gasteiger partial charge in [0.2, 0.25) is 5.95 Å². The first kappa shape index (κ1) is 14.8. The molecule has 0 bridgehead atoms. The quantitative estimate of drug-likeness (QED) is 0.926. The molecule has 1 aliphatic heterocycles. The number of hydrogen-bond acceptors (Lipinski definition) is 6. The highest BCUT2D eigenvalue weighted by molar-refractivity contribution is 5.77. The van der Waals surface area contributed by atoms with Crippen LogP contribution in [0.3, 0.4) is 0 Å². The normalized spacial score (nSPS) is 18.8. The van der Waals surface area contributed by atoms with E-state index in [4.69, 9.17) is 4.74 Å². The summed E-state index contributed by atoms with van der Waals surface area (Å²) in [5.74, 6) is 0.626. The number of aromatic nitrogens is 3. The highest BCUT2D eigenvalue weighted by Gasteiger charge is 2.13. The van der Waals surface area contributed by atoms with Crippen LogP contribution in [-0.2, 0) is 17.6 Å². The SMILES string of the molecule is c1c2c(cc3nc(NCCN4CCCOCC4)nnc13)CCC2. The van der Waals surface area contributed by atoms with Crippen LogP contribution in [0.4, 0.5) is 5.95 Å². The second-order valence-corrected chi connectivity index (χ2v) is 6.33. The van der Waals surface area contributed by atoms with Crippen molar-refractivity contribution in [3.8, 4) is 0 Å². The monoisotopic (exact) mass is 313 g/mol. The van der Waals surface area contributed by atoms with E-state index in [1.54, 1.807) is 0 Å². The number of nitrogens with one attached hydrogen (secondary N) is 1. The molecule has 0 saturated carbocycles. The van der Waals surface area contributed by atoms with Crippen molar-refractivity contribution in [2.24, 2.45) is 0 Å². The first-order chi connectivity index (χ1) is 11.4. The van der Waals surface area contributed by atoms with Gasteiger partial charge in [-0.25, -0.2) is 4.98 Å². The van der Waals surface area contributed by atoms with Crippen LogP contribution in [0.2, 0.25) is 0 Å². The summed E-state index contributed by atoms with van der Waals surface area (Å²) in [5, 5.41) is 11.9. The highest BCUT2D eigenvalue weighted by atomic mass is 16.5. The van der Waals surface area contributed by atoms with Crippen molar-refractivity contribution < 1.29 is 4.74 Å². The molecule has 6 nitrogen and oxygen atoms in total. The third-order valence-corrected chi connectivity index (χ3v) is 4.69. The molecule has 1 aromatic heterocycles. The zero-order chi connectivity index (χ0) is 15.5. The fraction of sp³-hybridized carbons (Fsp3) is 0.588. The molecule has 2 heterocycles. The Hall–Kier alpha value is -1.79. The minimum absolute atomic E-state index is 0.626. The lowest BCUT2D eigenvalue weighted by molar-refractivity contribution is 0.142.